The van der Waals surface area contributed by atoms with E-state index in [1.54, 1.807) is 9.80 Å². The average molecular weight is 707 g/mol. The Kier molecular flexibility index (Phi) is 16.5. The third-order valence-electron chi connectivity index (χ3n) is 7.72. The van der Waals surface area contributed by atoms with Crippen LogP contribution in [0.2, 0.25) is 0 Å². The van der Waals surface area contributed by atoms with Crippen LogP contribution in [0.5, 0.6) is 17.2 Å². The molecule has 0 unspecified atom stereocenters. The Bertz CT molecular complexity index is 1400. The fraction of sp³-hybridized carbons (Fsp3) is 0.432. The van der Waals surface area contributed by atoms with Gasteiger partial charge in [-0.2, -0.15) is 15.0 Å². The zero-order valence-corrected chi connectivity index (χ0v) is 29.2. The number of aromatic nitrogens is 3. The molecule has 1 heterocycles. The first-order valence-electron chi connectivity index (χ1n) is 17.2. The van der Waals surface area contributed by atoms with Crippen LogP contribution in [-0.2, 0) is 19.6 Å². The van der Waals surface area contributed by atoms with E-state index in [-0.39, 0.29) is 96.8 Å². The molecule has 14 nitrogen and oxygen atoms in total. The summed E-state index contributed by atoms with van der Waals surface area (Å²) >= 11 is 0. The van der Waals surface area contributed by atoms with Gasteiger partial charge in [-0.1, -0.05) is 61.5 Å². The highest BCUT2D eigenvalue weighted by atomic mass is 16.5. The average Bonchev–Trinajstić information content (AvgIpc) is 3.16. The van der Waals surface area contributed by atoms with Crippen LogP contribution in [0.15, 0.2) is 72.8 Å². The van der Waals surface area contributed by atoms with Gasteiger partial charge in [-0.05, 0) is 24.6 Å². The minimum absolute atomic E-state index is 0.121. The van der Waals surface area contributed by atoms with E-state index in [2.05, 4.69) is 0 Å². The minimum atomic E-state index is -0.200. The first-order valence-corrected chi connectivity index (χ1v) is 17.2. The maximum absolute atomic E-state index is 10.2. The molecule has 0 aliphatic carbocycles. The maximum Gasteiger partial charge on any atom is 0.232 e. The maximum atomic E-state index is 10.2. The van der Waals surface area contributed by atoms with Gasteiger partial charge in [0.05, 0.1) is 39.6 Å². The number of para-hydroxylation sites is 3. The zero-order chi connectivity index (χ0) is 36.3. The van der Waals surface area contributed by atoms with Gasteiger partial charge in [0, 0.05) is 56.0 Å². The number of hydrogen-bond donors (Lipinski definition) is 5. The van der Waals surface area contributed by atoms with Crippen LogP contribution in [0.25, 0.3) is 0 Å². The van der Waals surface area contributed by atoms with Gasteiger partial charge in [0.15, 0.2) is 0 Å². The topological polar surface area (TPSA) is 177 Å². The van der Waals surface area contributed by atoms with E-state index in [1.807, 2.05) is 84.6 Å². The second-order valence-corrected chi connectivity index (χ2v) is 11.5. The third kappa shape index (κ3) is 11.7. The number of benzene rings is 3. The SMILES string of the molecule is CCCOc1ccccc1CN(CCO)c1nc(N(CCO)Cc2ccccc2OCCO)nc(N(CCO)Cc2ccccc2OCCO)n1. The lowest BCUT2D eigenvalue weighted by Gasteiger charge is -2.29. The summed E-state index contributed by atoms with van der Waals surface area (Å²) in [5, 5.41) is 49.4. The van der Waals surface area contributed by atoms with E-state index in [1.165, 1.54) is 0 Å². The lowest BCUT2D eigenvalue weighted by Crippen LogP contribution is -2.34. The number of aliphatic hydroxyl groups excluding tert-OH is 5. The molecule has 4 rings (SSSR count). The molecule has 0 saturated carbocycles. The quantitative estimate of drug-likeness (QED) is 0.0718. The molecule has 4 aromatic rings. The Hall–Kier alpha value is -4.73. The van der Waals surface area contributed by atoms with Crippen molar-refractivity contribution in [1.82, 2.24) is 15.0 Å². The van der Waals surface area contributed by atoms with Crippen LogP contribution in [-0.4, -0.2) is 113 Å². The van der Waals surface area contributed by atoms with Crippen LogP contribution in [0.1, 0.15) is 30.0 Å². The lowest BCUT2D eigenvalue weighted by atomic mass is 10.2. The lowest BCUT2D eigenvalue weighted by molar-refractivity contribution is 0.200. The monoisotopic (exact) mass is 706 g/mol. The van der Waals surface area contributed by atoms with E-state index >= 15 is 0 Å². The first-order chi connectivity index (χ1) is 25.0. The smallest absolute Gasteiger partial charge is 0.232 e. The molecule has 0 aliphatic rings. The van der Waals surface area contributed by atoms with Gasteiger partial charge in [-0.25, -0.2) is 0 Å². The summed E-state index contributed by atoms with van der Waals surface area (Å²) in [6.07, 6.45) is 0.846. The van der Waals surface area contributed by atoms with Gasteiger partial charge in [-0.15, -0.1) is 0 Å². The number of hydrogen-bond acceptors (Lipinski definition) is 14. The minimum Gasteiger partial charge on any atom is -0.493 e. The molecule has 0 radical (unpaired) electrons. The van der Waals surface area contributed by atoms with Crippen molar-refractivity contribution in [3.8, 4) is 17.2 Å². The Balaban J connectivity index is 1.83. The largest absolute Gasteiger partial charge is 0.493 e. The Morgan fingerprint density at radius 1 is 0.451 bits per heavy atom. The molecule has 0 spiro atoms. The van der Waals surface area contributed by atoms with E-state index in [4.69, 9.17) is 29.2 Å². The Labute approximate surface area is 299 Å². The van der Waals surface area contributed by atoms with Gasteiger partial charge in [0.25, 0.3) is 0 Å². The molecule has 0 atom stereocenters. The summed E-state index contributed by atoms with van der Waals surface area (Å²) in [6, 6.07) is 22.6. The van der Waals surface area contributed by atoms with Crippen LogP contribution >= 0.6 is 0 Å². The van der Waals surface area contributed by atoms with Crippen LogP contribution in [0.4, 0.5) is 17.8 Å². The fourth-order valence-corrected chi connectivity index (χ4v) is 5.34. The molecule has 0 bridgehead atoms. The van der Waals surface area contributed by atoms with E-state index in [0.29, 0.717) is 24.7 Å². The summed E-state index contributed by atoms with van der Waals surface area (Å²) in [4.78, 5) is 20.1. The van der Waals surface area contributed by atoms with E-state index < -0.39 is 0 Å². The first kappa shape index (κ1) is 39.1. The standard InChI is InChI=1S/C37H50N6O8/c1-2-23-49-32-12-6-3-9-29(32)26-41(15-18-44)35-38-36(42(16-19-45)27-30-10-4-7-13-33(30)50-24-21-47)40-37(39-35)43(17-20-46)28-31-11-5-8-14-34(31)51-25-22-48/h3-14,44-48H,2,15-28H2,1H3. The van der Waals surface area contributed by atoms with Crippen LogP contribution in [0, 0.1) is 0 Å². The van der Waals surface area contributed by atoms with Crippen molar-refractivity contribution >= 4 is 17.8 Å². The number of anilines is 3. The normalized spacial score (nSPS) is 10.9. The van der Waals surface area contributed by atoms with Crippen molar-refractivity contribution in [2.45, 2.75) is 33.0 Å². The van der Waals surface area contributed by atoms with Gasteiger partial charge in [0.2, 0.25) is 17.8 Å². The highest BCUT2D eigenvalue weighted by Gasteiger charge is 2.23. The van der Waals surface area contributed by atoms with Crippen molar-refractivity contribution < 1.29 is 39.7 Å². The second kappa shape index (κ2) is 21.5. The predicted octanol–water partition coefficient (Wildman–Crippen LogP) is 2.40. The van der Waals surface area contributed by atoms with Gasteiger partial charge in [0.1, 0.15) is 30.5 Å². The molecule has 0 fully saturated rings. The molecule has 1 aromatic heterocycles. The molecule has 3 aromatic carbocycles. The molecule has 0 saturated heterocycles. The Morgan fingerprint density at radius 2 is 0.765 bits per heavy atom. The molecule has 0 aliphatic heterocycles. The summed E-state index contributed by atoms with van der Waals surface area (Å²) in [6.45, 7) is 3.34. The van der Waals surface area contributed by atoms with Gasteiger partial charge in [-0.3, -0.25) is 0 Å². The summed E-state index contributed by atoms with van der Waals surface area (Å²) in [7, 11) is 0. The van der Waals surface area contributed by atoms with Crippen molar-refractivity contribution in [2.75, 3.05) is 87.2 Å². The van der Waals surface area contributed by atoms with Gasteiger partial charge >= 0.3 is 0 Å². The number of rotatable bonds is 24. The molecule has 14 heteroatoms. The van der Waals surface area contributed by atoms with E-state index in [0.717, 1.165) is 28.9 Å². The third-order valence-corrected chi connectivity index (χ3v) is 7.72. The van der Waals surface area contributed by atoms with Crippen molar-refractivity contribution in [1.29, 1.82) is 0 Å². The molecule has 51 heavy (non-hydrogen) atoms. The van der Waals surface area contributed by atoms with Crippen LogP contribution in [0.3, 0.4) is 0 Å². The second-order valence-electron chi connectivity index (χ2n) is 11.5. The van der Waals surface area contributed by atoms with Crippen molar-refractivity contribution in [3.63, 3.8) is 0 Å². The Morgan fingerprint density at radius 3 is 1.06 bits per heavy atom. The number of aliphatic hydroxyl groups is 5. The highest BCUT2D eigenvalue weighted by Crippen LogP contribution is 2.28. The van der Waals surface area contributed by atoms with Gasteiger partial charge < -0.3 is 54.4 Å². The predicted molar refractivity (Wildman–Crippen MR) is 195 cm³/mol. The molecule has 276 valence electrons. The number of ether oxygens (including phenoxy) is 3. The molecular formula is C37H50N6O8. The van der Waals surface area contributed by atoms with Crippen molar-refractivity contribution in [3.05, 3.63) is 89.5 Å². The summed E-state index contributed by atoms with van der Waals surface area (Å²) in [5.41, 5.74) is 2.46. The molecule has 0 amide bonds. The summed E-state index contributed by atoms with van der Waals surface area (Å²) < 4.78 is 17.6. The highest BCUT2D eigenvalue weighted by molar-refractivity contribution is 5.50. The van der Waals surface area contributed by atoms with Crippen LogP contribution < -0.4 is 28.9 Å². The zero-order valence-electron chi connectivity index (χ0n) is 29.2. The fourth-order valence-electron chi connectivity index (χ4n) is 5.34. The molecule has 5 N–H and O–H groups in total. The summed E-state index contributed by atoms with van der Waals surface area (Å²) in [5.74, 6) is 2.67. The van der Waals surface area contributed by atoms with Crippen molar-refractivity contribution in [2.24, 2.45) is 0 Å². The van der Waals surface area contributed by atoms with E-state index in [9.17, 15) is 25.5 Å². The number of nitrogens with zero attached hydrogens (tertiary/aromatic N) is 6. The molecular weight excluding hydrogens is 656 g/mol.